The second-order valence-corrected chi connectivity index (χ2v) is 7.15. The largest absolute Gasteiger partial charge is 0.481 e. The van der Waals surface area contributed by atoms with E-state index < -0.39 is 11.9 Å². The van der Waals surface area contributed by atoms with Gasteiger partial charge in [0, 0.05) is 21.5 Å². The molecule has 32 heavy (non-hydrogen) atoms. The maximum Gasteiger partial charge on any atom is 0.344 e. The first-order valence-electron chi connectivity index (χ1n) is 10.2. The molecule has 0 saturated carbocycles. The summed E-state index contributed by atoms with van der Waals surface area (Å²) in [5.74, 6) is 0.138. The molecule has 0 spiro atoms. The number of rotatable bonds is 10. The van der Waals surface area contributed by atoms with Gasteiger partial charge in [-0.05, 0) is 25.0 Å². The molecule has 6 nitrogen and oxygen atoms in total. The lowest BCUT2D eigenvalue weighted by Crippen LogP contribution is -2.16. The summed E-state index contributed by atoms with van der Waals surface area (Å²) in [7, 11) is 0. The van der Waals surface area contributed by atoms with E-state index in [-0.39, 0.29) is 26.4 Å². The zero-order valence-corrected chi connectivity index (χ0v) is 18.3. The smallest absolute Gasteiger partial charge is 0.344 e. The molecule has 0 aliphatic carbocycles. The molecule has 0 aliphatic rings. The lowest BCUT2D eigenvalue weighted by Gasteiger charge is -2.19. The molecule has 0 N–H and O–H groups in total. The summed E-state index contributed by atoms with van der Waals surface area (Å²) in [6.07, 6.45) is 3.00. The fourth-order valence-electron chi connectivity index (χ4n) is 3.41. The molecular formula is C26H26O6. The van der Waals surface area contributed by atoms with Crippen molar-refractivity contribution in [2.24, 2.45) is 0 Å². The topological polar surface area (TPSA) is 71.1 Å². The molecule has 0 saturated heterocycles. The lowest BCUT2D eigenvalue weighted by atomic mass is 9.95. The number of aryl methyl sites for hydroxylation is 2. The van der Waals surface area contributed by atoms with Gasteiger partial charge in [0.2, 0.25) is 0 Å². The number of ether oxygens (including phenoxy) is 4. The second-order valence-electron chi connectivity index (χ2n) is 7.15. The molecule has 0 amide bonds. The minimum atomic E-state index is -0.490. The third-order valence-electron chi connectivity index (χ3n) is 5.02. The zero-order chi connectivity index (χ0) is 23.1. The maximum atomic E-state index is 12.1. The fraction of sp³-hybridized carbons (Fsp3) is 0.231. The first-order valence-corrected chi connectivity index (χ1v) is 10.2. The molecule has 0 heterocycles. The second kappa shape index (κ2) is 10.5. The molecule has 3 aromatic carbocycles. The molecule has 6 heteroatoms. The van der Waals surface area contributed by atoms with Crippen molar-refractivity contribution in [2.45, 2.75) is 13.8 Å². The third kappa shape index (κ3) is 4.91. The van der Waals surface area contributed by atoms with Crippen LogP contribution in [0, 0.1) is 13.8 Å². The molecule has 0 unspecified atom stereocenters. The third-order valence-corrected chi connectivity index (χ3v) is 5.02. The summed E-state index contributed by atoms with van der Waals surface area (Å²) in [5.41, 5.74) is 2.05. The number of carbonyl (C=O) groups is 2. The van der Waals surface area contributed by atoms with Crippen LogP contribution in [0.5, 0.6) is 11.5 Å². The molecule has 0 aromatic heterocycles. The predicted octanol–water partition coefficient (Wildman–Crippen LogP) is 4.83. The van der Waals surface area contributed by atoms with Crippen molar-refractivity contribution in [3.05, 3.63) is 72.8 Å². The minimum absolute atomic E-state index is 0.122. The summed E-state index contributed by atoms with van der Waals surface area (Å²) in [6, 6.07) is 11.4. The van der Waals surface area contributed by atoms with Gasteiger partial charge < -0.3 is 18.9 Å². The molecule has 0 aliphatic heterocycles. The van der Waals surface area contributed by atoms with Gasteiger partial charge in [-0.1, -0.05) is 61.7 Å². The van der Waals surface area contributed by atoms with Gasteiger partial charge in [0.1, 0.15) is 24.7 Å². The van der Waals surface area contributed by atoms with Crippen LogP contribution in [0.15, 0.2) is 61.7 Å². The van der Waals surface area contributed by atoms with Gasteiger partial charge in [0.15, 0.2) is 13.2 Å². The van der Waals surface area contributed by atoms with Crippen molar-refractivity contribution in [3.63, 3.8) is 0 Å². The lowest BCUT2D eigenvalue weighted by molar-refractivity contribution is -0.145. The average molecular weight is 434 g/mol. The first kappa shape index (κ1) is 22.9. The number of benzene rings is 3. The van der Waals surface area contributed by atoms with Crippen molar-refractivity contribution in [3.8, 4) is 11.5 Å². The van der Waals surface area contributed by atoms with Crippen molar-refractivity contribution < 1.29 is 28.5 Å². The number of esters is 2. The summed E-state index contributed by atoms with van der Waals surface area (Å²) in [6.45, 7) is 10.8. The highest BCUT2D eigenvalue weighted by Crippen LogP contribution is 2.44. The van der Waals surface area contributed by atoms with Gasteiger partial charge >= 0.3 is 11.9 Å². The summed E-state index contributed by atoms with van der Waals surface area (Å²) < 4.78 is 22.0. The van der Waals surface area contributed by atoms with E-state index >= 15 is 0 Å². The van der Waals surface area contributed by atoms with Crippen LogP contribution in [0.3, 0.4) is 0 Å². The van der Waals surface area contributed by atoms with Gasteiger partial charge in [-0.2, -0.15) is 0 Å². The van der Waals surface area contributed by atoms with Crippen LogP contribution in [-0.2, 0) is 19.1 Å². The SMILES string of the molecule is C=CCOC(=O)COc1c2ccccc2c(OCC(=O)OCC=C)c2c(C)c(C)ccc12. The Kier molecular flexibility index (Phi) is 7.49. The number of fused-ring (bicyclic) bond motifs is 2. The van der Waals surface area contributed by atoms with E-state index in [4.69, 9.17) is 18.9 Å². The number of hydrogen-bond acceptors (Lipinski definition) is 6. The molecule has 0 fully saturated rings. The van der Waals surface area contributed by atoms with E-state index in [0.717, 1.165) is 32.7 Å². The highest BCUT2D eigenvalue weighted by molar-refractivity contribution is 6.12. The van der Waals surface area contributed by atoms with Crippen molar-refractivity contribution in [1.29, 1.82) is 0 Å². The van der Waals surface area contributed by atoms with E-state index in [2.05, 4.69) is 13.2 Å². The molecule has 0 atom stereocenters. The van der Waals surface area contributed by atoms with Crippen LogP contribution in [0.4, 0.5) is 0 Å². The van der Waals surface area contributed by atoms with Crippen LogP contribution in [0.1, 0.15) is 11.1 Å². The van der Waals surface area contributed by atoms with Gasteiger partial charge in [-0.25, -0.2) is 9.59 Å². The molecule has 0 radical (unpaired) electrons. The standard InChI is InChI=1S/C26H26O6/c1-5-13-29-22(27)15-31-25-19-9-7-8-10-20(19)26(32-16-23(28)30-14-6-2)24-18(4)17(3)11-12-21(24)25/h5-12H,1-2,13-16H2,3-4H3. The molecule has 3 rings (SSSR count). The van der Waals surface area contributed by atoms with Crippen LogP contribution < -0.4 is 9.47 Å². The van der Waals surface area contributed by atoms with Crippen LogP contribution in [-0.4, -0.2) is 38.4 Å². The quantitative estimate of drug-likeness (QED) is 0.259. The van der Waals surface area contributed by atoms with E-state index in [1.165, 1.54) is 12.2 Å². The molecule has 166 valence electrons. The Hall–Kier alpha value is -3.80. The minimum Gasteiger partial charge on any atom is -0.481 e. The molecule has 0 bridgehead atoms. The van der Waals surface area contributed by atoms with Crippen LogP contribution in [0.25, 0.3) is 21.5 Å². The summed E-state index contributed by atoms with van der Waals surface area (Å²) >= 11 is 0. The Morgan fingerprint density at radius 1 is 0.781 bits per heavy atom. The Morgan fingerprint density at radius 2 is 1.31 bits per heavy atom. The average Bonchev–Trinajstić information content (AvgIpc) is 2.80. The maximum absolute atomic E-state index is 12.1. The first-order chi connectivity index (χ1) is 15.5. The normalized spacial score (nSPS) is 10.6. The van der Waals surface area contributed by atoms with E-state index in [0.29, 0.717) is 11.5 Å². The Balaban J connectivity index is 2.11. The van der Waals surface area contributed by atoms with Crippen LogP contribution >= 0.6 is 0 Å². The Labute approximate surface area is 187 Å². The Morgan fingerprint density at radius 3 is 1.88 bits per heavy atom. The summed E-state index contributed by atoms with van der Waals surface area (Å²) in [5, 5.41) is 3.11. The number of carbonyl (C=O) groups excluding carboxylic acids is 2. The predicted molar refractivity (Wildman–Crippen MR) is 124 cm³/mol. The van der Waals surface area contributed by atoms with Gasteiger partial charge in [0.05, 0.1) is 0 Å². The monoisotopic (exact) mass is 434 g/mol. The van der Waals surface area contributed by atoms with Crippen molar-refractivity contribution in [2.75, 3.05) is 26.4 Å². The van der Waals surface area contributed by atoms with Crippen molar-refractivity contribution in [1.82, 2.24) is 0 Å². The van der Waals surface area contributed by atoms with Crippen LogP contribution in [0.2, 0.25) is 0 Å². The Bertz CT molecular complexity index is 1180. The van der Waals surface area contributed by atoms with Gasteiger partial charge in [-0.15, -0.1) is 0 Å². The van der Waals surface area contributed by atoms with E-state index in [1.54, 1.807) is 0 Å². The van der Waals surface area contributed by atoms with Crippen molar-refractivity contribution >= 4 is 33.5 Å². The van der Waals surface area contributed by atoms with E-state index in [9.17, 15) is 9.59 Å². The highest BCUT2D eigenvalue weighted by Gasteiger charge is 2.20. The summed E-state index contributed by atoms with van der Waals surface area (Å²) in [4.78, 5) is 24.1. The zero-order valence-electron chi connectivity index (χ0n) is 18.3. The molecule has 3 aromatic rings. The van der Waals surface area contributed by atoms with Gasteiger partial charge in [0.25, 0.3) is 0 Å². The van der Waals surface area contributed by atoms with E-state index in [1.807, 2.05) is 50.2 Å². The molecular weight excluding hydrogens is 408 g/mol. The number of hydrogen-bond donors (Lipinski definition) is 0. The van der Waals surface area contributed by atoms with Gasteiger partial charge in [-0.3, -0.25) is 0 Å². The highest BCUT2D eigenvalue weighted by atomic mass is 16.6. The fourth-order valence-corrected chi connectivity index (χ4v) is 3.41.